The van der Waals surface area contributed by atoms with Gasteiger partial charge in [0, 0.05) is 7.05 Å². The van der Waals surface area contributed by atoms with E-state index in [4.69, 9.17) is 0 Å². The topological polar surface area (TPSA) is 59.8 Å². The number of hydrogen-bond acceptors (Lipinski definition) is 4. The molecule has 1 unspecified atom stereocenters. The number of nitrogens with one attached hydrogen (secondary N) is 1. The fourth-order valence-corrected chi connectivity index (χ4v) is 2.35. The minimum atomic E-state index is -0.287. The van der Waals surface area contributed by atoms with Crippen molar-refractivity contribution >= 4 is 17.7 Å². The van der Waals surface area contributed by atoms with Crippen molar-refractivity contribution in [1.29, 1.82) is 0 Å². The number of hydrogen-bond donors (Lipinski definition) is 1. The van der Waals surface area contributed by atoms with E-state index in [1.54, 1.807) is 23.0 Å². The molecule has 0 aliphatic carbocycles. The van der Waals surface area contributed by atoms with Crippen LogP contribution < -0.4 is 5.32 Å². The summed E-state index contributed by atoms with van der Waals surface area (Å²) in [5, 5.41) is 11.2. The van der Waals surface area contributed by atoms with E-state index in [-0.39, 0.29) is 23.5 Å². The summed E-state index contributed by atoms with van der Waals surface area (Å²) in [4.78, 5) is 11.8. The Balaban J connectivity index is 1.85. The number of amides is 1. The van der Waals surface area contributed by atoms with Gasteiger partial charge in [-0.15, -0.1) is 10.2 Å². The number of aromatic nitrogens is 3. The lowest BCUT2D eigenvalue weighted by atomic mass is 10.1. The lowest BCUT2D eigenvalue weighted by Crippen LogP contribution is -2.28. The molecule has 1 N–H and O–H groups in total. The van der Waals surface area contributed by atoms with Gasteiger partial charge in [-0.2, -0.15) is 0 Å². The Hall–Kier alpha value is -1.89. The van der Waals surface area contributed by atoms with E-state index in [9.17, 15) is 9.18 Å². The fourth-order valence-electron chi connectivity index (χ4n) is 1.65. The van der Waals surface area contributed by atoms with Gasteiger partial charge in [0.1, 0.15) is 12.1 Å². The molecule has 0 radical (unpaired) electrons. The van der Waals surface area contributed by atoms with Gasteiger partial charge in [-0.05, 0) is 24.6 Å². The van der Waals surface area contributed by atoms with Gasteiger partial charge in [-0.25, -0.2) is 4.39 Å². The third-order valence-electron chi connectivity index (χ3n) is 2.75. The SMILES string of the molecule is CC(NC(=O)CSc1nncn1C)c1ccc(F)cc1. The Morgan fingerprint density at radius 1 is 1.45 bits per heavy atom. The summed E-state index contributed by atoms with van der Waals surface area (Å²) >= 11 is 1.32. The fraction of sp³-hybridized carbons (Fsp3) is 0.308. The monoisotopic (exact) mass is 294 g/mol. The highest BCUT2D eigenvalue weighted by molar-refractivity contribution is 7.99. The van der Waals surface area contributed by atoms with Gasteiger partial charge in [0.05, 0.1) is 11.8 Å². The van der Waals surface area contributed by atoms with Crippen molar-refractivity contribution in [1.82, 2.24) is 20.1 Å². The highest BCUT2D eigenvalue weighted by Crippen LogP contribution is 2.15. The van der Waals surface area contributed by atoms with Crippen molar-refractivity contribution in [3.05, 3.63) is 42.0 Å². The van der Waals surface area contributed by atoms with E-state index in [0.717, 1.165) is 5.56 Å². The zero-order chi connectivity index (χ0) is 14.5. The molecular formula is C13H15FN4OS. The molecule has 0 saturated carbocycles. The molecule has 5 nitrogen and oxygen atoms in total. The van der Waals surface area contributed by atoms with Crippen molar-refractivity contribution in [3.8, 4) is 0 Å². The lowest BCUT2D eigenvalue weighted by molar-refractivity contribution is -0.119. The number of rotatable bonds is 5. The third kappa shape index (κ3) is 3.80. The van der Waals surface area contributed by atoms with Crippen LogP contribution in [0.4, 0.5) is 4.39 Å². The lowest BCUT2D eigenvalue weighted by Gasteiger charge is -2.14. The van der Waals surface area contributed by atoms with Crippen LogP contribution in [0.2, 0.25) is 0 Å². The van der Waals surface area contributed by atoms with Gasteiger partial charge in [-0.1, -0.05) is 23.9 Å². The van der Waals surface area contributed by atoms with Crippen molar-refractivity contribution < 1.29 is 9.18 Å². The van der Waals surface area contributed by atoms with E-state index in [2.05, 4.69) is 15.5 Å². The average Bonchev–Trinajstić information content (AvgIpc) is 2.82. The van der Waals surface area contributed by atoms with Crippen LogP contribution in [0, 0.1) is 5.82 Å². The van der Waals surface area contributed by atoms with E-state index in [1.165, 1.54) is 23.9 Å². The minimum Gasteiger partial charge on any atom is -0.349 e. The van der Waals surface area contributed by atoms with Crippen LogP contribution in [-0.2, 0) is 11.8 Å². The van der Waals surface area contributed by atoms with Crippen molar-refractivity contribution in [2.75, 3.05) is 5.75 Å². The maximum atomic E-state index is 12.8. The smallest absolute Gasteiger partial charge is 0.230 e. The first kappa shape index (κ1) is 14.5. The molecule has 0 aliphatic rings. The molecule has 2 rings (SSSR count). The average molecular weight is 294 g/mol. The number of carbonyl (C=O) groups is 1. The summed E-state index contributed by atoms with van der Waals surface area (Å²) in [6, 6.07) is 5.92. The van der Waals surface area contributed by atoms with Gasteiger partial charge >= 0.3 is 0 Å². The predicted molar refractivity (Wildman–Crippen MR) is 74.7 cm³/mol. The molecule has 1 atom stereocenters. The molecular weight excluding hydrogens is 279 g/mol. The number of thioether (sulfide) groups is 1. The van der Waals surface area contributed by atoms with E-state index >= 15 is 0 Å². The van der Waals surface area contributed by atoms with Crippen LogP contribution in [0.3, 0.4) is 0 Å². The minimum absolute atomic E-state index is 0.102. The van der Waals surface area contributed by atoms with Crippen LogP contribution in [0.25, 0.3) is 0 Å². The second-order valence-corrected chi connectivity index (χ2v) is 5.30. The second kappa shape index (κ2) is 6.51. The number of nitrogens with zero attached hydrogens (tertiary/aromatic N) is 3. The summed E-state index contributed by atoms with van der Waals surface area (Å²) < 4.78 is 14.6. The highest BCUT2D eigenvalue weighted by atomic mass is 32.2. The Bertz CT molecular complexity index is 584. The number of carbonyl (C=O) groups excluding carboxylic acids is 1. The van der Waals surface area contributed by atoms with Crippen LogP contribution in [0.15, 0.2) is 35.7 Å². The van der Waals surface area contributed by atoms with Gasteiger partial charge < -0.3 is 9.88 Å². The molecule has 1 aromatic carbocycles. The number of aryl methyl sites for hydroxylation is 1. The molecule has 106 valence electrons. The van der Waals surface area contributed by atoms with Crippen molar-refractivity contribution in [2.24, 2.45) is 7.05 Å². The molecule has 0 saturated heterocycles. The van der Waals surface area contributed by atoms with Crippen LogP contribution in [-0.4, -0.2) is 26.4 Å². The summed E-state index contributed by atoms with van der Waals surface area (Å²) in [5.41, 5.74) is 0.864. The van der Waals surface area contributed by atoms with Gasteiger partial charge in [0.25, 0.3) is 0 Å². The Kier molecular flexibility index (Phi) is 4.73. The van der Waals surface area contributed by atoms with Crippen LogP contribution in [0.5, 0.6) is 0 Å². The maximum Gasteiger partial charge on any atom is 0.230 e. The Labute approximate surface area is 120 Å². The summed E-state index contributed by atoms with van der Waals surface area (Å²) in [6.45, 7) is 1.86. The normalized spacial score (nSPS) is 12.2. The molecule has 0 fully saturated rings. The van der Waals surface area contributed by atoms with E-state index < -0.39 is 0 Å². The first-order valence-electron chi connectivity index (χ1n) is 6.08. The molecule has 1 aromatic heterocycles. The number of benzene rings is 1. The quantitative estimate of drug-likeness (QED) is 0.856. The molecule has 0 bridgehead atoms. The zero-order valence-corrected chi connectivity index (χ0v) is 12.0. The Morgan fingerprint density at radius 3 is 2.75 bits per heavy atom. The molecule has 0 aliphatic heterocycles. The van der Waals surface area contributed by atoms with Gasteiger partial charge in [0.2, 0.25) is 5.91 Å². The van der Waals surface area contributed by atoms with Crippen LogP contribution in [0.1, 0.15) is 18.5 Å². The summed E-state index contributed by atoms with van der Waals surface area (Å²) in [5.74, 6) is -0.127. The van der Waals surface area contributed by atoms with Crippen molar-refractivity contribution in [2.45, 2.75) is 18.1 Å². The van der Waals surface area contributed by atoms with E-state index in [0.29, 0.717) is 5.16 Å². The first-order chi connectivity index (χ1) is 9.56. The molecule has 0 spiro atoms. The second-order valence-electron chi connectivity index (χ2n) is 4.35. The molecule has 1 heterocycles. The molecule has 20 heavy (non-hydrogen) atoms. The zero-order valence-electron chi connectivity index (χ0n) is 11.2. The predicted octanol–water partition coefficient (Wildman–Crippen LogP) is 1.92. The molecule has 1 amide bonds. The third-order valence-corrected chi connectivity index (χ3v) is 3.78. The number of halogens is 1. The van der Waals surface area contributed by atoms with Gasteiger partial charge in [-0.3, -0.25) is 4.79 Å². The Morgan fingerprint density at radius 2 is 2.15 bits per heavy atom. The van der Waals surface area contributed by atoms with Crippen molar-refractivity contribution in [3.63, 3.8) is 0 Å². The van der Waals surface area contributed by atoms with Crippen LogP contribution >= 0.6 is 11.8 Å². The van der Waals surface area contributed by atoms with E-state index in [1.807, 2.05) is 14.0 Å². The molecule has 2 aromatic rings. The summed E-state index contributed by atoms with van der Waals surface area (Å²) in [7, 11) is 1.82. The first-order valence-corrected chi connectivity index (χ1v) is 7.06. The highest BCUT2D eigenvalue weighted by Gasteiger charge is 2.11. The maximum absolute atomic E-state index is 12.8. The van der Waals surface area contributed by atoms with Gasteiger partial charge in [0.15, 0.2) is 5.16 Å². The standard InChI is InChI=1S/C13H15FN4OS/c1-9(10-3-5-11(14)6-4-10)16-12(19)7-20-13-17-15-8-18(13)2/h3-6,8-9H,7H2,1-2H3,(H,16,19). The molecule has 7 heteroatoms. The largest absolute Gasteiger partial charge is 0.349 e. The summed E-state index contributed by atoms with van der Waals surface area (Å²) in [6.07, 6.45) is 1.58.